The van der Waals surface area contributed by atoms with Crippen LogP contribution in [0.5, 0.6) is 0 Å². The monoisotopic (exact) mass is 425 g/mol. The predicted octanol–water partition coefficient (Wildman–Crippen LogP) is 0.216. The van der Waals surface area contributed by atoms with E-state index < -0.39 is 52.0 Å². The molecule has 2 unspecified atom stereocenters. The van der Waals surface area contributed by atoms with Crippen LogP contribution in [0.3, 0.4) is 0 Å². The highest BCUT2D eigenvalue weighted by Crippen LogP contribution is 2.72. The van der Waals surface area contributed by atoms with Gasteiger partial charge in [0.05, 0.1) is 18.1 Å². The van der Waals surface area contributed by atoms with Crippen LogP contribution in [0.15, 0.2) is 22.9 Å². The number of Topliss-reactive ketones (excluding diaryl/α,β-unsaturated/α-hetero) is 2. The fourth-order valence-corrected chi connectivity index (χ4v) is 6.89. The van der Waals surface area contributed by atoms with Crippen molar-refractivity contribution >= 4 is 29.0 Å². The first-order chi connectivity index (χ1) is 13.8. The number of halogens is 1. The van der Waals surface area contributed by atoms with Gasteiger partial charge in [-0.2, -0.15) is 0 Å². The van der Waals surface area contributed by atoms with Gasteiger partial charge in [-0.25, -0.2) is 0 Å². The predicted molar refractivity (Wildman–Crippen MR) is 101 cm³/mol. The number of hydrogen-bond donors (Lipinski definition) is 1. The van der Waals surface area contributed by atoms with Gasteiger partial charge in [0.1, 0.15) is 23.4 Å². The van der Waals surface area contributed by atoms with Crippen LogP contribution in [0.2, 0.25) is 0 Å². The largest absolute Gasteiger partial charge is 0.498 e. The number of hydrogen-bond acceptors (Lipinski definition) is 8. The molecule has 1 saturated carbocycles. The smallest absolute Gasteiger partial charge is 0.230 e. The molecule has 4 rings (SSSR count). The summed E-state index contributed by atoms with van der Waals surface area (Å²) in [6, 6.07) is 0. The average Bonchev–Trinajstić information content (AvgIpc) is 3.25. The second-order valence-corrected chi connectivity index (χ2v) is 8.29. The lowest BCUT2D eigenvalue weighted by Gasteiger charge is -2.56. The summed E-state index contributed by atoms with van der Waals surface area (Å²) >= 11 is 6.71. The van der Waals surface area contributed by atoms with E-state index in [0.717, 1.165) is 0 Å². The van der Waals surface area contributed by atoms with Crippen molar-refractivity contribution in [1.82, 2.24) is 4.90 Å². The van der Waals surface area contributed by atoms with Crippen LogP contribution in [0.4, 0.5) is 0 Å². The highest BCUT2D eigenvalue weighted by atomic mass is 35.5. The minimum Gasteiger partial charge on any atom is -0.498 e. The molecule has 6 atom stereocenters. The minimum absolute atomic E-state index is 0.0183. The first kappa shape index (κ1) is 20.7. The minimum atomic E-state index is -1.83. The van der Waals surface area contributed by atoms with Gasteiger partial charge >= 0.3 is 0 Å². The summed E-state index contributed by atoms with van der Waals surface area (Å²) in [6.07, 6.45) is -0.559. The molecule has 2 fully saturated rings. The number of aliphatic hydroxyl groups excluding tert-OH is 1. The Morgan fingerprint density at radius 1 is 1.24 bits per heavy atom. The molecule has 1 aliphatic heterocycles. The second-order valence-electron chi connectivity index (χ2n) is 7.88. The summed E-state index contributed by atoms with van der Waals surface area (Å²) in [6.45, 7) is 2.86. The summed E-state index contributed by atoms with van der Waals surface area (Å²) in [5, 5.41) is 11.2. The molecule has 1 saturated heterocycles. The number of likely N-dealkylation sites (tertiary alicyclic amines) is 1. The molecule has 1 spiro atoms. The lowest BCUT2D eigenvalue weighted by Crippen LogP contribution is -2.76. The molecule has 4 aliphatic rings. The maximum atomic E-state index is 13.8. The number of allylic oxidation sites excluding steroid dienone is 1. The van der Waals surface area contributed by atoms with Crippen LogP contribution in [0.1, 0.15) is 13.3 Å². The van der Waals surface area contributed by atoms with Crippen molar-refractivity contribution in [3.8, 4) is 0 Å². The molecular weight excluding hydrogens is 402 g/mol. The Morgan fingerprint density at radius 2 is 1.93 bits per heavy atom. The highest BCUT2D eigenvalue weighted by molar-refractivity contribution is 6.45. The summed E-state index contributed by atoms with van der Waals surface area (Å²) in [7, 11) is 4.11. The molecule has 1 heterocycles. The maximum Gasteiger partial charge on any atom is 0.230 e. The number of likely N-dealkylation sites (N-methyl/N-ethyl adjacent to an activating group) is 1. The van der Waals surface area contributed by atoms with Crippen molar-refractivity contribution < 1.29 is 33.7 Å². The van der Waals surface area contributed by atoms with Crippen molar-refractivity contribution in [2.24, 2.45) is 10.8 Å². The molecule has 1 N–H and O–H groups in total. The normalized spacial score (nSPS) is 44.2. The van der Waals surface area contributed by atoms with E-state index >= 15 is 0 Å². The quantitative estimate of drug-likeness (QED) is 0.638. The topological polar surface area (TPSA) is 102 Å². The van der Waals surface area contributed by atoms with Gasteiger partial charge in [0.2, 0.25) is 11.6 Å². The van der Waals surface area contributed by atoms with Crippen molar-refractivity contribution in [3.05, 3.63) is 22.9 Å². The Morgan fingerprint density at radius 3 is 2.45 bits per heavy atom. The van der Waals surface area contributed by atoms with E-state index in [-0.39, 0.29) is 17.2 Å². The third-order valence-electron chi connectivity index (χ3n) is 7.41. The van der Waals surface area contributed by atoms with Crippen molar-refractivity contribution in [1.29, 1.82) is 0 Å². The van der Waals surface area contributed by atoms with E-state index in [1.165, 1.54) is 27.4 Å². The molecular formula is C20H24ClNO7. The summed E-state index contributed by atoms with van der Waals surface area (Å²) in [5.74, 6) is -2.07. The highest BCUT2D eigenvalue weighted by Gasteiger charge is 2.86. The van der Waals surface area contributed by atoms with Gasteiger partial charge in [-0.3, -0.25) is 19.3 Å². The fourth-order valence-electron chi connectivity index (χ4n) is 6.37. The van der Waals surface area contributed by atoms with Crippen LogP contribution < -0.4 is 0 Å². The van der Waals surface area contributed by atoms with E-state index in [9.17, 15) is 19.5 Å². The lowest BCUT2D eigenvalue weighted by molar-refractivity contribution is -0.192. The number of aliphatic hydroxyl groups is 1. The Kier molecular flexibility index (Phi) is 4.61. The third-order valence-corrected chi connectivity index (χ3v) is 7.81. The van der Waals surface area contributed by atoms with Crippen LogP contribution in [0.25, 0.3) is 0 Å². The molecule has 3 aliphatic carbocycles. The van der Waals surface area contributed by atoms with Crippen molar-refractivity contribution in [2.75, 3.05) is 34.4 Å². The van der Waals surface area contributed by atoms with Crippen LogP contribution >= 0.6 is 11.6 Å². The molecule has 8 nitrogen and oxygen atoms in total. The summed E-state index contributed by atoms with van der Waals surface area (Å²) in [4.78, 5) is 42.2. The zero-order valence-electron chi connectivity index (χ0n) is 16.7. The molecule has 0 amide bonds. The zero-order valence-corrected chi connectivity index (χ0v) is 17.5. The van der Waals surface area contributed by atoms with E-state index in [0.29, 0.717) is 13.1 Å². The molecule has 0 radical (unpaired) electrons. The number of carbonyl (C=O) groups excluding carboxylic acids is 3. The Bertz CT molecular complexity index is 869. The Balaban J connectivity index is 2.08. The van der Waals surface area contributed by atoms with Crippen LogP contribution in [-0.2, 0) is 28.6 Å². The van der Waals surface area contributed by atoms with Gasteiger partial charge < -0.3 is 19.3 Å². The number of ketones is 3. The average molecular weight is 426 g/mol. The standard InChI is InChI=1S/C20H24ClNO7/c1-5-22-7-6-18-16(26)13(24)14(28-3)17(29-4)19(18,22)9-11(21)20(18)12(23)8-10(27-2)15(20)25/h8-9,14-15,17,25H,5-7H2,1-4H3/t14?,15-,17?,18+,19+,20+/m0/s1. The second kappa shape index (κ2) is 6.46. The van der Waals surface area contributed by atoms with Crippen molar-refractivity contribution in [3.63, 3.8) is 0 Å². The van der Waals surface area contributed by atoms with E-state index in [1.54, 1.807) is 6.08 Å². The zero-order chi connectivity index (χ0) is 21.4. The number of nitrogens with zero attached hydrogens (tertiary/aromatic N) is 1. The first-order valence-electron chi connectivity index (χ1n) is 9.52. The molecule has 9 heteroatoms. The molecule has 158 valence electrons. The number of carbonyl (C=O) groups is 3. The van der Waals surface area contributed by atoms with Gasteiger partial charge in [0.15, 0.2) is 11.9 Å². The third kappa shape index (κ3) is 1.89. The Hall–Kier alpha value is -1.58. The molecule has 0 bridgehead atoms. The van der Waals surface area contributed by atoms with Gasteiger partial charge in [-0.15, -0.1) is 0 Å². The molecule has 0 aromatic heterocycles. The van der Waals surface area contributed by atoms with Gasteiger partial charge in [-0.1, -0.05) is 18.5 Å². The maximum absolute atomic E-state index is 13.8. The summed E-state index contributed by atoms with van der Waals surface area (Å²) in [5.41, 5.74) is -4.66. The van der Waals surface area contributed by atoms with Crippen LogP contribution in [0, 0.1) is 10.8 Å². The summed E-state index contributed by atoms with van der Waals surface area (Å²) < 4.78 is 16.3. The molecule has 0 aromatic rings. The van der Waals surface area contributed by atoms with Crippen LogP contribution in [-0.4, -0.2) is 85.6 Å². The lowest BCUT2D eigenvalue weighted by atomic mass is 9.49. The molecule has 29 heavy (non-hydrogen) atoms. The number of ether oxygens (including phenoxy) is 3. The van der Waals surface area contributed by atoms with E-state index in [1.807, 2.05) is 11.8 Å². The first-order valence-corrected chi connectivity index (χ1v) is 9.90. The van der Waals surface area contributed by atoms with Gasteiger partial charge in [-0.05, 0) is 19.0 Å². The molecule has 0 aromatic carbocycles. The van der Waals surface area contributed by atoms with E-state index in [2.05, 4.69) is 0 Å². The van der Waals surface area contributed by atoms with Crippen molar-refractivity contribution in [2.45, 2.75) is 37.2 Å². The van der Waals surface area contributed by atoms with Gasteiger partial charge in [0, 0.05) is 31.9 Å². The number of rotatable bonds is 4. The fraction of sp³-hybridized carbons (Fsp3) is 0.650. The SMILES string of the molecule is CCN1CC[C@@]23C(=O)C(=O)C(OC)C(OC)[C@@]12C=C(Cl)[C@]31C(=O)C=C(OC)[C@@H]1O. The Labute approximate surface area is 173 Å². The van der Waals surface area contributed by atoms with E-state index in [4.69, 9.17) is 25.8 Å². The van der Waals surface area contributed by atoms with Gasteiger partial charge in [0.25, 0.3) is 0 Å². The number of methoxy groups -OCH3 is 3.